The van der Waals surface area contributed by atoms with Gasteiger partial charge in [0, 0.05) is 5.92 Å². The first kappa shape index (κ1) is 9.23. The van der Waals surface area contributed by atoms with Gasteiger partial charge in [-0.3, -0.25) is 0 Å². The van der Waals surface area contributed by atoms with Crippen molar-refractivity contribution in [3.63, 3.8) is 0 Å². The van der Waals surface area contributed by atoms with Crippen LogP contribution in [0.3, 0.4) is 0 Å². The summed E-state index contributed by atoms with van der Waals surface area (Å²) in [5.41, 5.74) is 0. The molecule has 0 atom stereocenters. The quantitative estimate of drug-likeness (QED) is 0.367. The molecule has 0 aromatic carbocycles. The molecule has 0 aromatic heterocycles. The van der Waals surface area contributed by atoms with E-state index in [0.29, 0.717) is 12.5 Å². The smallest absolute Gasteiger partial charge is 0.0892 e. The summed E-state index contributed by atoms with van der Waals surface area (Å²) in [5, 5.41) is 17.0. The lowest BCUT2D eigenvalue weighted by Crippen LogP contribution is -2.17. The Hall–Kier alpha value is 0.230. The average molecular weight is 152 g/mol. The van der Waals surface area contributed by atoms with Crippen molar-refractivity contribution >= 4 is 12.6 Å². The minimum atomic E-state index is -0.155. The van der Waals surface area contributed by atoms with Crippen LogP contribution in [0.25, 0.3) is 0 Å². The van der Waals surface area contributed by atoms with E-state index in [9.17, 15) is 0 Å². The van der Waals surface area contributed by atoms with Gasteiger partial charge in [0.2, 0.25) is 0 Å². The zero-order chi connectivity index (χ0) is 7.11. The maximum atomic E-state index is 8.49. The van der Waals surface area contributed by atoms with Crippen molar-refractivity contribution in [2.75, 3.05) is 25.8 Å². The molecule has 0 saturated heterocycles. The third-order valence-electron chi connectivity index (χ3n) is 0.961. The first-order chi connectivity index (χ1) is 4.35. The van der Waals surface area contributed by atoms with Crippen LogP contribution in [0.4, 0.5) is 0 Å². The molecular formula is C5H12O3S. The van der Waals surface area contributed by atoms with Gasteiger partial charge in [0.1, 0.15) is 0 Å². The van der Waals surface area contributed by atoms with Crippen LogP contribution in [-0.2, 0) is 4.74 Å². The lowest BCUT2D eigenvalue weighted by Gasteiger charge is -2.08. The van der Waals surface area contributed by atoms with Gasteiger partial charge in [-0.15, -0.1) is 0 Å². The molecule has 0 rings (SSSR count). The summed E-state index contributed by atoms with van der Waals surface area (Å²) in [5.74, 6) is 0.174. The fourth-order valence-corrected chi connectivity index (χ4v) is 0.488. The molecule has 0 aliphatic carbocycles. The molecule has 0 spiro atoms. The second kappa shape index (κ2) is 6.35. The van der Waals surface area contributed by atoms with Gasteiger partial charge in [-0.25, -0.2) is 0 Å². The molecule has 9 heavy (non-hydrogen) atoms. The van der Waals surface area contributed by atoms with E-state index in [1.807, 2.05) is 0 Å². The van der Waals surface area contributed by atoms with Crippen molar-refractivity contribution in [3.05, 3.63) is 0 Å². The van der Waals surface area contributed by atoms with E-state index >= 15 is 0 Å². The monoisotopic (exact) mass is 152 g/mol. The Labute approximate surface area is 60.1 Å². The Balaban J connectivity index is 3.09. The maximum Gasteiger partial charge on any atom is 0.0892 e. The van der Waals surface area contributed by atoms with E-state index in [2.05, 4.69) is 12.6 Å². The normalized spacial score (nSPS) is 10.7. The van der Waals surface area contributed by atoms with Crippen LogP contribution < -0.4 is 0 Å². The van der Waals surface area contributed by atoms with Crippen molar-refractivity contribution < 1.29 is 14.9 Å². The largest absolute Gasteiger partial charge is 0.396 e. The molecule has 2 N–H and O–H groups in total. The van der Waals surface area contributed by atoms with E-state index in [0.717, 1.165) is 0 Å². The molecule has 0 saturated carbocycles. The van der Waals surface area contributed by atoms with Crippen molar-refractivity contribution in [1.82, 2.24) is 0 Å². The van der Waals surface area contributed by atoms with Gasteiger partial charge < -0.3 is 14.9 Å². The zero-order valence-corrected chi connectivity index (χ0v) is 6.05. The van der Waals surface area contributed by atoms with Gasteiger partial charge in [0.05, 0.1) is 25.8 Å². The summed E-state index contributed by atoms with van der Waals surface area (Å²) in [6.07, 6.45) is 0. The lowest BCUT2D eigenvalue weighted by atomic mass is 10.2. The van der Waals surface area contributed by atoms with E-state index < -0.39 is 0 Å². The van der Waals surface area contributed by atoms with E-state index in [-0.39, 0.29) is 19.1 Å². The summed E-state index contributed by atoms with van der Waals surface area (Å²) in [7, 11) is 0. The molecule has 0 aromatic rings. The maximum absolute atomic E-state index is 8.49. The lowest BCUT2D eigenvalue weighted by molar-refractivity contribution is 0.0655. The van der Waals surface area contributed by atoms with Gasteiger partial charge in [-0.05, 0) is 0 Å². The van der Waals surface area contributed by atoms with E-state index in [4.69, 9.17) is 14.9 Å². The first-order valence-corrected chi connectivity index (χ1v) is 3.38. The molecule has 0 fully saturated rings. The Kier molecular flexibility index (Phi) is 6.51. The standard InChI is InChI=1S/C5H12O3S/c6-1-5(2-7)3-8-4-9/h5-7,9H,1-4H2. The Morgan fingerprint density at radius 1 is 1.33 bits per heavy atom. The Bertz CT molecular complexity index is 56.2. The minimum Gasteiger partial charge on any atom is -0.396 e. The molecular weight excluding hydrogens is 140 g/mol. The van der Waals surface area contributed by atoms with Crippen LogP contribution in [0.1, 0.15) is 0 Å². The second-order valence-electron chi connectivity index (χ2n) is 1.73. The molecule has 0 bridgehead atoms. The summed E-state index contributed by atoms with van der Waals surface area (Å²) >= 11 is 3.79. The molecule has 0 unspecified atom stereocenters. The molecule has 0 aliphatic rings. The van der Waals surface area contributed by atoms with Crippen molar-refractivity contribution in [2.45, 2.75) is 0 Å². The fourth-order valence-electron chi connectivity index (χ4n) is 0.383. The van der Waals surface area contributed by atoms with E-state index in [1.54, 1.807) is 0 Å². The number of hydrogen-bond donors (Lipinski definition) is 3. The van der Waals surface area contributed by atoms with Crippen LogP contribution >= 0.6 is 12.6 Å². The van der Waals surface area contributed by atoms with Gasteiger partial charge in [-0.2, -0.15) is 12.6 Å². The number of aliphatic hydroxyl groups excluding tert-OH is 2. The van der Waals surface area contributed by atoms with Crippen molar-refractivity contribution in [2.24, 2.45) is 5.92 Å². The third-order valence-corrected chi connectivity index (χ3v) is 1.14. The zero-order valence-electron chi connectivity index (χ0n) is 5.16. The highest BCUT2D eigenvalue weighted by Gasteiger charge is 2.03. The Morgan fingerprint density at radius 3 is 2.22 bits per heavy atom. The van der Waals surface area contributed by atoms with Crippen LogP contribution in [0.2, 0.25) is 0 Å². The summed E-state index contributed by atoms with van der Waals surface area (Å²) in [6, 6.07) is 0. The highest BCUT2D eigenvalue weighted by atomic mass is 32.1. The van der Waals surface area contributed by atoms with Crippen molar-refractivity contribution in [3.8, 4) is 0 Å². The highest BCUT2D eigenvalue weighted by Crippen LogP contribution is 1.94. The van der Waals surface area contributed by atoms with E-state index in [1.165, 1.54) is 0 Å². The molecule has 0 amide bonds. The number of thiol groups is 1. The fraction of sp³-hybridized carbons (Fsp3) is 1.00. The van der Waals surface area contributed by atoms with Gasteiger partial charge in [-0.1, -0.05) is 0 Å². The first-order valence-electron chi connectivity index (χ1n) is 2.75. The molecule has 4 heteroatoms. The summed E-state index contributed by atoms with van der Waals surface area (Å²) in [6.45, 7) is 0.297. The minimum absolute atomic E-state index is 0.0374. The number of ether oxygens (including phenoxy) is 1. The molecule has 3 nitrogen and oxygen atoms in total. The van der Waals surface area contributed by atoms with Crippen LogP contribution in [-0.4, -0.2) is 36.0 Å². The highest BCUT2D eigenvalue weighted by molar-refractivity contribution is 7.80. The van der Waals surface area contributed by atoms with Crippen LogP contribution in [0.5, 0.6) is 0 Å². The van der Waals surface area contributed by atoms with Gasteiger partial charge >= 0.3 is 0 Å². The summed E-state index contributed by atoms with van der Waals surface area (Å²) in [4.78, 5) is 0. The number of aliphatic hydroxyl groups is 2. The molecule has 0 radical (unpaired) electrons. The number of hydrogen-bond acceptors (Lipinski definition) is 4. The summed E-state index contributed by atoms with van der Waals surface area (Å²) < 4.78 is 4.82. The molecule has 56 valence electrons. The predicted octanol–water partition coefficient (Wildman–Crippen LogP) is -0.509. The van der Waals surface area contributed by atoms with Crippen LogP contribution in [0.15, 0.2) is 0 Å². The predicted molar refractivity (Wildman–Crippen MR) is 37.5 cm³/mol. The van der Waals surface area contributed by atoms with Gasteiger partial charge in [0.25, 0.3) is 0 Å². The van der Waals surface area contributed by atoms with Crippen LogP contribution in [0, 0.1) is 5.92 Å². The SMILES string of the molecule is OCC(CO)COCS. The Morgan fingerprint density at radius 2 is 1.89 bits per heavy atom. The second-order valence-corrected chi connectivity index (χ2v) is 1.99. The molecule has 0 heterocycles. The molecule has 0 aliphatic heterocycles. The average Bonchev–Trinajstić information content (AvgIpc) is 1.91. The topological polar surface area (TPSA) is 49.7 Å². The number of rotatable bonds is 5. The third kappa shape index (κ3) is 4.72. The van der Waals surface area contributed by atoms with Gasteiger partial charge in [0.15, 0.2) is 0 Å². The van der Waals surface area contributed by atoms with Crippen molar-refractivity contribution in [1.29, 1.82) is 0 Å².